The average Bonchev–Trinajstić information content (AvgIpc) is 2.12. The van der Waals surface area contributed by atoms with Crippen LogP contribution in [0.3, 0.4) is 0 Å². The molecule has 0 bridgehead atoms. The topological polar surface area (TPSA) is 35.5 Å². The monoisotopic (exact) mass is 202 g/mol. The van der Waals surface area contributed by atoms with Gasteiger partial charge in [0.15, 0.2) is 0 Å². The van der Waals surface area contributed by atoms with E-state index in [9.17, 15) is 4.79 Å². The molecule has 3 heteroatoms. The number of rotatable bonds is 7. The molecule has 0 saturated carbocycles. The Morgan fingerprint density at radius 3 is 2.43 bits per heavy atom. The molecule has 3 nitrogen and oxygen atoms in total. The summed E-state index contributed by atoms with van der Waals surface area (Å²) in [5, 5.41) is 0. The van der Waals surface area contributed by atoms with E-state index in [1.54, 1.807) is 0 Å². The summed E-state index contributed by atoms with van der Waals surface area (Å²) >= 11 is 0. The van der Waals surface area contributed by atoms with Gasteiger partial charge in [-0.2, -0.15) is 0 Å². The predicted molar refractivity (Wildman–Crippen MR) is 56.1 cm³/mol. The fraction of sp³-hybridized carbons (Fsp3) is 0.909. The number of carbonyl (C=O) groups is 1. The van der Waals surface area contributed by atoms with E-state index < -0.39 is 0 Å². The van der Waals surface area contributed by atoms with Crippen molar-refractivity contribution in [3.8, 4) is 0 Å². The molecule has 0 radical (unpaired) electrons. The van der Waals surface area contributed by atoms with Crippen LogP contribution in [0.1, 0.15) is 40.0 Å². The maximum atomic E-state index is 11.1. The second kappa shape index (κ2) is 6.82. The molecule has 84 valence electrons. The highest BCUT2D eigenvalue weighted by molar-refractivity contribution is 5.69. The van der Waals surface area contributed by atoms with E-state index in [1.165, 1.54) is 7.11 Å². The van der Waals surface area contributed by atoms with Crippen LogP contribution in [0.2, 0.25) is 0 Å². The quantitative estimate of drug-likeness (QED) is 0.469. The summed E-state index contributed by atoms with van der Waals surface area (Å²) in [5.74, 6) is -0.148. The zero-order valence-corrected chi connectivity index (χ0v) is 9.76. The van der Waals surface area contributed by atoms with Crippen molar-refractivity contribution in [2.45, 2.75) is 40.0 Å². The normalized spacial score (nSPS) is 11.4. The van der Waals surface area contributed by atoms with Gasteiger partial charge in [0.25, 0.3) is 0 Å². The number of methoxy groups -OCH3 is 1. The van der Waals surface area contributed by atoms with Crippen LogP contribution in [0.5, 0.6) is 0 Å². The lowest BCUT2D eigenvalue weighted by molar-refractivity contribution is -0.143. The molecule has 0 saturated heterocycles. The van der Waals surface area contributed by atoms with Crippen molar-refractivity contribution in [1.82, 2.24) is 0 Å². The van der Waals surface area contributed by atoms with Crippen LogP contribution >= 0.6 is 0 Å². The van der Waals surface area contributed by atoms with Crippen LogP contribution in [0.4, 0.5) is 0 Å². The molecule has 0 amide bonds. The molecule has 0 fully saturated rings. The largest absolute Gasteiger partial charge is 0.469 e. The molecule has 0 aromatic rings. The SMILES string of the molecule is CCCOCCC(C)(C)CC(=O)OC. The minimum absolute atomic E-state index is 0.0269. The van der Waals surface area contributed by atoms with E-state index in [1.807, 2.05) is 0 Å². The first-order valence-electron chi connectivity index (χ1n) is 5.16. The van der Waals surface area contributed by atoms with E-state index in [0.717, 1.165) is 26.1 Å². The molecule has 0 aromatic heterocycles. The molecule has 0 aliphatic heterocycles. The Balaban J connectivity index is 3.66. The first kappa shape index (κ1) is 13.4. The lowest BCUT2D eigenvalue weighted by atomic mass is 9.86. The van der Waals surface area contributed by atoms with Gasteiger partial charge in [-0.15, -0.1) is 0 Å². The molecule has 0 atom stereocenters. The average molecular weight is 202 g/mol. The Labute approximate surface area is 86.8 Å². The Morgan fingerprint density at radius 1 is 1.29 bits per heavy atom. The van der Waals surface area contributed by atoms with Crippen LogP contribution in [-0.4, -0.2) is 26.3 Å². The predicted octanol–water partition coefficient (Wildman–Crippen LogP) is 2.39. The van der Waals surface area contributed by atoms with Gasteiger partial charge in [0.2, 0.25) is 0 Å². The first-order valence-corrected chi connectivity index (χ1v) is 5.16. The fourth-order valence-electron chi connectivity index (χ4n) is 1.15. The van der Waals surface area contributed by atoms with Crippen molar-refractivity contribution in [3.63, 3.8) is 0 Å². The smallest absolute Gasteiger partial charge is 0.306 e. The van der Waals surface area contributed by atoms with E-state index in [0.29, 0.717) is 6.42 Å². The molecular weight excluding hydrogens is 180 g/mol. The summed E-state index contributed by atoms with van der Waals surface area (Å²) in [7, 11) is 1.42. The summed E-state index contributed by atoms with van der Waals surface area (Å²) in [5.41, 5.74) is -0.0269. The van der Waals surface area contributed by atoms with Gasteiger partial charge in [-0.1, -0.05) is 20.8 Å². The minimum atomic E-state index is -0.148. The Morgan fingerprint density at radius 2 is 1.93 bits per heavy atom. The maximum Gasteiger partial charge on any atom is 0.306 e. The number of hydrogen-bond acceptors (Lipinski definition) is 3. The fourth-order valence-corrected chi connectivity index (χ4v) is 1.15. The zero-order valence-electron chi connectivity index (χ0n) is 9.76. The van der Waals surface area contributed by atoms with Gasteiger partial charge < -0.3 is 9.47 Å². The van der Waals surface area contributed by atoms with Crippen molar-refractivity contribution in [2.24, 2.45) is 5.41 Å². The van der Waals surface area contributed by atoms with Crippen LogP contribution in [0.15, 0.2) is 0 Å². The molecule has 0 N–H and O–H groups in total. The summed E-state index contributed by atoms with van der Waals surface area (Å²) in [6.45, 7) is 7.71. The number of carbonyl (C=O) groups excluding carboxylic acids is 1. The van der Waals surface area contributed by atoms with Gasteiger partial charge in [-0.3, -0.25) is 4.79 Å². The van der Waals surface area contributed by atoms with Crippen molar-refractivity contribution in [1.29, 1.82) is 0 Å². The van der Waals surface area contributed by atoms with Crippen molar-refractivity contribution >= 4 is 5.97 Å². The van der Waals surface area contributed by atoms with Crippen molar-refractivity contribution in [2.75, 3.05) is 20.3 Å². The second-order valence-electron chi connectivity index (χ2n) is 4.28. The molecule has 0 heterocycles. The summed E-state index contributed by atoms with van der Waals surface area (Å²) in [6, 6.07) is 0. The van der Waals surface area contributed by atoms with Gasteiger partial charge in [-0.05, 0) is 18.3 Å². The lowest BCUT2D eigenvalue weighted by Crippen LogP contribution is -2.20. The summed E-state index contributed by atoms with van der Waals surface area (Å²) in [4.78, 5) is 11.1. The zero-order chi connectivity index (χ0) is 11.0. The van der Waals surface area contributed by atoms with E-state index >= 15 is 0 Å². The molecular formula is C11H22O3. The highest BCUT2D eigenvalue weighted by atomic mass is 16.5. The number of esters is 1. The lowest BCUT2D eigenvalue weighted by Gasteiger charge is -2.22. The minimum Gasteiger partial charge on any atom is -0.469 e. The first-order chi connectivity index (χ1) is 6.52. The standard InChI is InChI=1S/C11H22O3/c1-5-7-14-8-6-11(2,3)9-10(12)13-4/h5-9H2,1-4H3. The highest BCUT2D eigenvalue weighted by Gasteiger charge is 2.22. The van der Waals surface area contributed by atoms with Crippen molar-refractivity contribution < 1.29 is 14.3 Å². The summed E-state index contributed by atoms with van der Waals surface area (Å²) in [6.07, 6.45) is 2.39. The van der Waals surface area contributed by atoms with Crippen LogP contribution in [0.25, 0.3) is 0 Å². The van der Waals surface area contributed by atoms with Gasteiger partial charge in [0.05, 0.1) is 13.5 Å². The maximum absolute atomic E-state index is 11.1. The van der Waals surface area contributed by atoms with Gasteiger partial charge in [0.1, 0.15) is 0 Å². The third-order valence-corrected chi connectivity index (χ3v) is 2.12. The van der Waals surface area contributed by atoms with Crippen LogP contribution in [-0.2, 0) is 14.3 Å². The Kier molecular flexibility index (Phi) is 6.54. The van der Waals surface area contributed by atoms with Gasteiger partial charge in [0, 0.05) is 13.2 Å². The van der Waals surface area contributed by atoms with E-state index in [-0.39, 0.29) is 11.4 Å². The van der Waals surface area contributed by atoms with Crippen LogP contribution < -0.4 is 0 Å². The second-order valence-corrected chi connectivity index (χ2v) is 4.28. The number of ether oxygens (including phenoxy) is 2. The third-order valence-electron chi connectivity index (χ3n) is 2.12. The highest BCUT2D eigenvalue weighted by Crippen LogP contribution is 2.25. The van der Waals surface area contributed by atoms with E-state index in [4.69, 9.17) is 4.74 Å². The van der Waals surface area contributed by atoms with Gasteiger partial charge >= 0.3 is 5.97 Å². The molecule has 14 heavy (non-hydrogen) atoms. The molecule has 0 aliphatic rings. The molecule has 0 unspecified atom stereocenters. The summed E-state index contributed by atoms with van der Waals surface area (Å²) < 4.78 is 10.0. The van der Waals surface area contributed by atoms with E-state index in [2.05, 4.69) is 25.5 Å². The molecule has 0 aliphatic carbocycles. The van der Waals surface area contributed by atoms with Crippen LogP contribution in [0, 0.1) is 5.41 Å². The molecule has 0 spiro atoms. The number of hydrogen-bond donors (Lipinski definition) is 0. The molecule has 0 rings (SSSR count). The Bertz CT molecular complexity index is 164. The third kappa shape index (κ3) is 6.89. The molecule has 0 aromatic carbocycles. The Hall–Kier alpha value is -0.570. The van der Waals surface area contributed by atoms with Gasteiger partial charge in [-0.25, -0.2) is 0 Å². The van der Waals surface area contributed by atoms with Crippen molar-refractivity contribution in [3.05, 3.63) is 0 Å².